The van der Waals surface area contributed by atoms with E-state index in [4.69, 9.17) is 0 Å². The first-order valence-electron chi connectivity index (χ1n) is 8.16. The molecule has 1 aromatic heterocycles. The summed E-state index contributed by atoms with van der Waals surface area (Å²) in [4.78, 5) is 5.04. The molecule has 0 aromatic carbocycles. The smallest absolute Gasteiger partial charge is 0.0638 e. The molecule has 1 atom stereocenters. The van der Waals surface area contributed by atoms with Gasteiger partial charge in [0, 0.05) is 37.4 Å². The number of allylic oxidation sites excluding steroid dienone is 1. The Balaban J connectivity index is 1.81. The quantitative estimate of drug-likeness (QED) is 0.722. The fourth-order valence-corrected chi connectivity index (χ4v) is 3.10. The van der Waals surface area contributed by atoms with Crippen molar-refractivity contribution >= 4 is 0 Å². The van der Waals surface area contributed by atoms with Gasteiger partial charge in [0.15, 0.2) is 0 Å². The second-order valence-electron chi connectivity index (χ2n) is 6.37. The van der Waals surface area contributed by atoms with E-state index in [1.807, 2.05) is 10.8 Å². The number of aryl methyl sites for hydroxylation is 1. The number of aromatic nitrogens is 2. The molecule has 0 aliphatic carbocycles. The first kappa shape index (κ1) is 16.2. The molecular formula is C17H30N4. The number of likely N-dealkylation sites (tertiary alicyclic amines) is 1. The minimum absolute atomic E-state index is 0.754. The third-order valence-electron chi connectivity index (χ3n) is 4.51. The van der Waals surface area contributed by atoms with Gasteiger partial charge in [0.05, 0.1) is 12.2 Å². The third-order valence-corrected chi connectivity index (χ3v) is 4.51. The molecule has 1 saturated heterocycles. The van der Waals surface area contributed by atoms with Gasteiger partial charge in [-0.25, -0.2) is 0 Å². The SMILES string of the molecule is C=CCn1cc(CN(C)CCN2CCCCC2C)c(C)n1. The molecule has 1 aliphatic heterocycles. The summed E-state index contributed by atoms with van der Waals surface area (Å²) in [5.41, 5.74) is 2.46. The maximum atomic E-state index is 4.52. The largest absolute Gasteiger partial charge is 0.301 e. The Bertz CT molecular complexity index is 452. The van der Waals surface area contributed by atoms with Gasteiger partial charge in [-0.05, 0) is 40.3 Å². The summed E-state index contributed by atoms with van der Waals surface area (Å²) in [6.45, 7) is 13.6. The lowest BCUT2D eigenvalue weighted by atomic mass is 10.0. The van der Waals surface area contributed by atoms with Crippen molar-refractivity contribution in [2.24, 2.45) is 0 Å². The molecule has 2 rings (SSSR count). The second kappa shape index (κ2) is 7.76. The van der Waals surface area contributed by atoms with E-state index in [9.17, 15) is 0 Å². The van der Waals surface area contributed by atoms with E-state index in [-0.39, 0.29) is 0 Å². The summed E-state index contributed by atoms with van der Waals surface area (Å²) in [6.07, 6.45) is 8.16. The molecule has 118 valence electrons. The van der Waals surface area contributed by atoms with Crippen molar-refractivity contribution in [3.05, 3.63) is 30.1 Å². The standard InChI is InChI=1S/C17H30N4/c1-5-9-21-14-17(16(3)18-21)13-19(4)11-12-20-10-7-6-8-15(20)2/h5,14-15H,1,6-13H2,2-4H3. The number of hydrogen-bond donors (Lipinski definition) is 0. The molecule has 0 bridgehead atoms. The second-order valence-corrected chi connectivity index (χ2v) is 6.37. The summed E-state index contributed by atoms with van der Waals surface area (Å²) in [5.74, 6) is 0. The zero-order chi connectivity index (χ0) is 15.2. The van der Waals surface area contributed by atoms with Crippen LogP contribution < -0.4 is 0 Å². The van der Waals surface area contributed by atoms with Crippen molar-refractivity contribution in [2.45, 2.75) is 52.2 Å². The molecule has 0 saturated carbocycles. The Morgan fingerprint density at radius 3 is 3.00 bits per heavy atom. The van der Waals surface area contributed by atoms with Crippen LogP contribution in [0.4, 0.5) is 0 Å². The molecule has 0 N–H and O–H groups in total. The topological polar surface area (TPSA) is 24.3 Å². The van der Waals surface area contributed by atoms with Crippen LogP contribution in [0.15, 0.2) is 18.9 Å². The minimum atomic E-state index is 0.754. The van der Waals surface area contributed by atoms with Crippen molar-refractivity contribution < 1.29 is 0 Å². The fraction of sp³-hybridized carbons (Fsp3) is 0.706. The Morgan fingerprint density at radius 2 is 2.29 bits per heavy atom. The molecule has 0 amide bonds. The molecule has 2 heterocycles. The predicted octanol–water partition coefficient (Wildman–Crippen LogP) is 2.68. The minimum Gasteiger partial charge on any atom is -0.301 e. The van der Waals surface area contributed by atoms with E-state index in [0.717, 1.165) is 31.4 Å². The van der Waals surface area contributed by atoms with E-state index in [1.54, 1.807) is 0 Å². The van der Waals surface area contributed by atoms with Crippen molar-refractivity contribution in [1.82, 2.24) is 19.6 Å². The maximum Gasteiger partial charge on any atom is 0.0638 e. The molecule has 1 fully saturated rings. The summed E-state index contributed by atoms with van der Waals surface area (Å²) in [7, 11) is 2.21. The summed E-state index contributed by atoms with van der Waals surface area (Å²) in [5, 5.41) is 4.52. The number of piperidine rings is 1. The Hall–Kier alpha value is -1.13. The van der Waals surface area contributed by atoms with Crippen LogP contribution in [-0.2, 0) is 13.1 Å². The highest BCUT2D eigenvalue weighted by Gasteiger charge is 2.18. The third kappa shape index (κ3) is 4.68. The van der Waals surface area contributed by atoms with E-state index < -0.39 is 0 Å². The summed E-state index contributed by atoms with van der Waals surface area (Å²) in [6, 6.07) is 0.754. The molecule has 4 nitrogen and oxygen atoms in total. The average molecular weight is 290 g/mol. The Kier molecular flexibility index (Phi) is 6.00. The van der Waals surface area contributed by atoms with Gasteiger partial charge in [-0.2, -0.15) is 5.10 Å². The van der Waals surface area contributed by atoms with Crippen molar-refractivity contribution in [3.63, 3.8) is 0 Å². The summed E-state index contributed by atoms with van der Waals surface area (Å²) >= 11 is 0. The lowest BCUT2D eigenvalue weighted by Crippen LogP contribution is -2.41. The first-order valence-corrected chi connectivity index (χ1v) is 8.16. The maximum absolute atomic E-state index is 4.52. The van der Waals surface area contributed by atoms with Crippen molar-refractivity contribution in [1.29, 1.82) is 0 Å². The molecule has 0 spiro atoms. The van der Waals surface area contributed by atoms with Crippen LogP contribution in [-0.4, -0.2) is 52.3 Å². The lowest BCUT2D eigenvalue weighted by molar-refractivity contribution is 0.141. The van der Waals surface area contributed by atoms with Gasteiger partial charge >= 0.3 is 0 Å². The van der Waals surface area contributed by atoms with Crippen molar-refractivity contribution in [3.8, 4) is 0 Å². The molecule has 4 heteroatoms. The number of rotatable bonds is 7. The first-order chi connectivity index (χ1) is 10.1. The van der Waals surface area contributed by atoms with Gasteiger partial charge in [0.25, 0.3) is 0 Å². The highest BCUT2D eigenvalue weighted by atomic mass is 15.3. The van der Waals surface area contributed by atoms with Crippen LogP contribution in [0.25, 0.3) is 0 Å². The Labute approximate surface area is 129 Å². The zero-order valence-electron chi connectivity index (χ0n) is 13.9. The highest BCUT2D eigenvalue weighted by Crippen LogP contribution is 2.16. The number of hydrogen-bond acceptors (Lipinski definition) is 3. The Morgan fingerprint density at radius 1 is 1.48 bits per heavy atom. The monoisotopic (exact) mass is 290 g/mol. The van der Waals surface area contributed by atoms with Crippen LogP contribution in [0.5, 0.6) is 0 Å². The summed E-state index contributed by atoms with van der Waals surface area (Å²) < 4.78 is 1.97. The van der Waals surface area contributed by atoms with E-state index in [0.29, 0.717) is 0 Å². The van der Waals surface area contributed by atoms with Crippen LogP contribution in [0.3, 0.4) is 0 Å². The van der Waals surface area contributed by atoms with E-state index in [1.165, 1.54) is 37.9 Å². The van der Waals surface area contributed by atoms with Gasteiger partial charge in [-0.3, -0.25) is 9.58 Å². The molecule has 21 heavy (non-hydrogen) atoms. The van der Waals surface area contributed by atoms with Crippen molar-refractivity contribution in [2.75, 3.05) is 26.7 Å². The van der Waals surface area contributed by atoms with Crippen LogP contribution >= 0.6 is 0 Å². The number of nitrogens with zero attached hydrogens (tertiary/aromatic N) is 4. The van der Waals surface area contributed by atoms with Gasteiger partial charge < -0.3 is 4.90 Å². The number of likely N-dealkylation sites (N-methyl/N-ethyl adjacent to an activating group) is 1. The lowest BCUT2D eigenvalue weighted by Gasteiger charge is -2.34. The molecule has 1 aliphatic rings. The van der Waals surface area contributed by atoms with Crippen LogP contribution in [0.2, 0.25) is 0 Å². The fourth-order valence-electron chi connectivity index (χ4n) is 3.10. The van der Waals surface area contributed by atoms with Crippen LogP contribution in [0, 0.1) is 6.92 Å². The van der Waals surface area contributed by atoms with E-state index >= 15 is 0 Å². The van der Waals surface area contributed by atoms with Crippen LogP contribution in [0.1, 0.15) is 37.4 Å². The average Bonchev–Trinajstić information content (AvgIpc) is 2.78. The normalized spacial score (nSPS) is 20.1. The van der Waals surface area contributed by atoms with Gasteiger partial charge in [0.2, 0.25) is 0 Å². The molecule has 1 unspecified atom stereocenters. The van der Waals surface area contributed by atoms with Gasteiger partial charge in [-0.1, -0.05) is 12.5 Å². The predicted molar refractivity (Wildman–Crippen MR) is 88.4 cm³/mol. The molecule has 1 aromatic rings. The molecule has 0 radical (unpaired) electrons. The zero-order valence-corrected chi connectivity index (χ0v) is 13.9. The van der Waals surface area contributed by atoms with E-state index in [2.05, 4.69) is 48.6 Å². The van der Waals surface area contributed by atoms with Gasteiger partial charge in [0.1, 0.15) is 0 Å². The molecular weight excluding hydrogens is 260 g/mol. The van der Waals surface area contributed by atoms with Gasteiger partial charge in [-0.15, -0.1) is 6.58 Å². The highest BCUT2D eigenvalue weighted by molar-refractivity contribution is 5.15.